The van der Waals surface area contributed by atoms with Crippen molar-refractivity contribution in [1.82, 2.24) is 9.21 Å². The summed E-state index contributed by atoms with van der Waals surface area (Å²) in [5.74, 6) is 0.465. The second-order valence-corrected chi connectivity index (χ2v) is 10.0. The second kappa shape index (κ2) is 9.38. The molecule has 0 unspecified atom stereocenters. The highest BCUT2D eigenvalue weighted by molar-refractivity contribution is 7.89. The van der Waals surface area contributed by atoms with Gasteiger partial charge in [-0.15, -0.1) is 0 Å². The van der Waals surface area contributed by atoms with Crippen LogP contribution in [0.2, 0.25) is 0 Å². The Labute approximate surface area is 184 Å². The van der Waals surface area contributed by atoms with Crippen LogP contribution in [0.15, 0.2) is 47.4 Å². The van der Waals surface area contributed by atoms with E-state index in [9.17, 15) is 13.2 Å². The Hall–Kier alpha value is -2.42. The third-order valence-corrected chi connectivity index (χ3v) is 7.93. The Balaban J connectivity index is 1.34. The lowest BCUT2D eigenvalue weighted by Crippen LogP contribution is -2.50. The van der Waals surface area contributed by atoms with Crippen LogP contribution in [0.4, 0.5) is 5.69 Å². The summed E-state index contributed by atoms with van der Waals surface area (Å²) >= 11 is 0. The topological polar surface area (TPSA) is 79.0 Å². The lowest BCUT2D eigenvalue weighted by Gasteiger charge is -2.33. The molecular weight excluding hydrogens is 414 g/mol. The van der Waals surface area contributed by atoms with Gasteiger partial charge < -0.3 is 10.1 Å². The molecule has 1 saturated heterocycles. The third-order valence-electron chi connectivity index (χ3n) is 6.04. The predicted octanol–water partition coefficient (Wildman–Crippen LogP) is 2.52. The van der Waals surface area contributed by atoms with Crippen molar-refractivity contribution in [2.75, 3.05) is 45.2 Å². The number of hydrogen-bond donors (Lipinski definition) is 1. The number of ether oxygens (including phenoxy) is 1. The number of methoxy groups -OCH3 is 1. The molecule has 1 heterocycles. The van der Waals surface area contributed by atoms with Crippen molar-refractivity contribution in [2.24, 2.45) is 0 Å². The van der Waals surface area contributed by atoms with Crippen LogP contribution in [0.1, 0.15) is 24.0 Å². The first-order valence-corrected chi connectivity index (χ1v) is 12.2. The van der Waals surface area contributed by atoms with Gasteiger partial charge in [-0.05, 0) is 61.1 Å². The number of hydrogen-bond acceptors (Lipinski definition) is 5. The number of fused-ring (bicyclic) bond motifs is 1. The molecular formula is C23H29N3O4S. The van der Waals surface area contributed by atoms with Gasteiger partial charge in [-0.2, -0.15) is 4.31 Å². The largest absolute Gasteiger partial charge is 0.495 e. The maximum absolute atomic E-state index is 13.1. The summed E-state index contributed by atoms with van der Waals surface area (Å²) in [6, 6.07) is 12.8. The molecule has 1 N–H and O–H groups in total. The van der Waals surface area contributed by atoms with E-state index in [-0.39, 0.29) is 12.5 Å². The van der Waals surface area contributed by atoms with Gasteiger partial charge >= 0.3 is 0 Å². The van der Waals surface area contributed by atoms with E-state index in [2.05, 4.69) is 5.32 Å². The van der Waals surface area contributed by atoms with Crippen molar-refractivity contribution in [1.29, 1.82) is 0 Å². The zero-order valence-electron chi connectivity index (χ0n) is 17.8. The number of amides is 1. The summed E-state index contributed by atoms with van der Waals surface area (Å²) in [4.78, 5) is 14.8. The first kappa shape index (κ1) is 21.8. The van der Waals surface area contributed by atoms with E-state index in [1.165, 1.54) is 21.9 Å². The average Bonchev–Trinajstić information content (AvgIpc) is 2.79. The number of piperazine rings is 1. The van der Waals surface area contributed by atoms with E-state index in [0.717, 1.165) is 19.3 Å². The van der Waals surface area contributed by atoms with Gasteiger partial charge in [0.2, 0.25) is 15.9 Å². The number of anilines is 1. The molecule has 0 radical (unpaired) electrons. The van der Waals surface area contributed by atoms with Gasteiger partial charge in [-0.3, -0.25) is 9.69 Å². The fourth-order valence-corrected chi connectivity index (χ4v) is 5.76. The fraction of sp³-hybridized carbons (Fsp3) is 0.435. The Bertz CT molecular complexity index is 1050. The van der Waals surface area contributed by atoms with Gasteiger partial charge in [0.05, 0.1) is 24.2 Å². The highest BCUT2D eigenvalue weighted by atomic mass is 32.2. The van der Waals surface area contributed by atoms with E-state index >= 15 is 0 Å². The molecule has 8 heteroatoms. The lowest BCUT2D eigenvalue weighted by atomic mass is 9.92. The van der Waals surface area contributed by atoms with Crippen molar-refractivity contribution in [3.8, 4) is 5.75 Å². The van der Waals surface area contributed by atoms with E-state index < -0.39 is 10.0 Å². The number of carbonyl (C=O) groups excluding carboxylic acids is 1. The molecule has 4 rings (SSSR count). The molecule has 2 aromatic carbocycles. The lowest BCUT2D eigenvalue weighted by molar-refractivity contribution is -0.117. The molecule has 1 aliphatic heterocycles. The van der Waals surface area contributed by atoms with Crippen molar-refractivity contribution in [2.45, 2.75) is 30.6 Å². The van der Waals surface area contributed by atoms with E-state index in [1.807, 2.05) is 29.2 Å². The molecule has 0 saturated carbocycles. The molecule has 0 bridgehead atoms. The number of sulfonamides is 1. The van der Waals surface area contributed by atoms with Crippen LogP contribution in [0.3, 0.4) is 0 Å². The van der Waals surface area contributed by atoms with Gasteiger partial charge in [0.25, 0.3) is 0 Å². The maximum Gasteiger partial charge on any atom is 0.243 e. The SMILES string of the molecule is COc1ccccc1NC(=O)CN1CCN(S(=O)(=O)c2ccc3c(c2)CCCC3)CC1. The Morgan fingerprint density at radius 2 is 1.71 bits per heavy atom. The van der Waals surface area contributed by atoms with Gasteiger partial charge in [0, 0.05) is 26.2 Å². The Morgan fingerprint density at radius 3 is 2.45 bits per heavy atom. The minimum atomic E-state index is -3.52. The summed E-state index contributed by atoms with van der Waals surface area (Å²) in [6.45, 7) is 2.00. The van der Waals surface area contributed by atoms with Crippen molar-refractivity contribution in [3.05, 3.63) is 53.6 Å². The smallest absolute Gasteiger partial charge is 0.243 e. The summed E-state index contributed by atoms with van der Waals surface area (Å²) < 4.78 is 33.1. The minimum Gasteiger partial charge on any atom is -0.495 e. The molecule has 31 heavy (non-hydrogen) atoms. The molecule has 2 aromatic rings. The number of carbonyl (C=O) groups is 1. The summed E-state index contributed by atoms with van der Waals surface area (Å²) in [6.07, 6.45) is 4.27. The van der Waals surface area contributed by atoms with Crippen LogP contribution >= 0.6 is 0 Å². The molecule has 1 fully saturated rings. The van der Waals surface area contributed by atoms with Crippen molar-refractivity contribution in [3.63, 3.8) is 0 Å². The normalized spacial score (nSPS) is 17.7. The highest BCUT2D eigenvalue weighted by Gasteiger charge is 2.29. The number of para-hydroxylation sites is 2. The fourth-order valence-electron chi connectivity index (χ4n) is 4.29. The van der Waals surface area contributed by atoms with E-state index in [0.29, 0.717) is 42.5 Å². The van der Waals surface area contributed by atoms with E-state index in [4.69, 9.17) is 4.74 Å². The van der Waals surface area contributed by atoms with Gasteiger partial charge in [0.15, 0.2) is 0 Å². The molecule has 166 valence electrons. The molecule has 0 atom stereocenters. The van der Waals surface area contributed by atoms with E-state index in [1.54, 1.807) is 25.3 Å². The molecule has 1 amide bonds. The Morgan fingerprint density at radius 1 is 1.00 bits per heavy atom. The molecule has 2 aliphatic rings. The number of nitrogens with zero attached hydrogens (tertiary/aromatic N) is 2. The van der Waals surface area contributed by atoms with Crippen LogP contribution < -0.4 is 10.1 Å². The first-order chi connectivity index (χ1) is 15.0. The number of nitrogens with one attached hydrogen (secondary N) is 1. The highest BCUT2D eigenvalue weighted by Crippen LogP contribution is 2.26. The summed E-state index contributed by atoms with van der Waals surface area (Å²) in [7, 11) is -1.95. The van der Waals surface area contributed by atoms with Crippen LogP contribution in [-0.4, -0.2) is 63.4 Å². The summed E-state index contributed by atoms with van der Waals surface area (Å²) in [5.41, 5.74) is 3.07. The molecule has 7 nitrogen and oxygen atoms in total. The van der Waals surface area contributed by atoms with Gasteiger partial charge in [0.1, 0.15) is 5.75 Å². The minimum absolute atomic E-state index is 0.143. The number of aryl methyl sites for hydroxylation is 2. The van der Waals surface area contributed by atoms with Gasteiger partial charge in [-0.1, -0.05) is 18.2 Å². The van der Waals surface area contributed by atoms with Crippen molar-refractivity contribution >= 4 is 21.6 Å². The maximum atomic E-state index is 13.1. The number of benzene rings is 2. The van der Waals surface area contributed by atoms with Crippen LogP contribution in [0.25, 0.3) is 0 Å². The zero-order chi connectivity index (χ0) is 21.8. The standard InChI is InChI=1S/C23H29N3O4S/c1-30-22-9-5-4-8-21(22)24-23(27)17-25-12-14-26(15-13-25)31(28,29)20-11-10-18-6-2-3-7-19(18)16-20/h4-5,8-11,16H,2-3,6-7,12-15,17H2,1H3,(H,24,27). The van der Waals surface area contributed by atoms with Crippen LogP contribution in [-0.2, 0) is 27.7 Å². The Kier molecular flexibility index (Phi) is 6.60. The predicted molar refractivity (Wildman–Crippen MR) is 120 cm³/mol. The quantitative estimate of drug-likeness (QED) is 0.742. The molecule has 0 spiro atoms. The van der Waals surface area contributed by atoms with Crippen LogP contribution in [0.5, 0.6) is 5.75 Å². The van der Waals surface area contributed by atoms with Gasteiger partial charge in [-0.25, -0.2) is 8.42 Å². The molecule has 1 aliphatic carbocycles. The van der Waals surface area contributed by atoms with Crippen molar-refractivity contribution < 1.29 is 17.9 Å². The second-order valence-electron chi connectivity index (χ2n) is 8.07. The molecule has 0 aromatic heterocycles. The third kappa shape index (κ3) is 4.92. The average molecular weight is 444 g/mol. The van der Waals surface area contributed by atoms with Crippen LogP contribution in [0, 0.1) is 0 Å². The zero-order valence-corrected chi connectivity index (χ0v) is 18.7. The monoisotopic (exact) mass is 443 g/mol. The first-order valence-electron chi connectivity index (χ1n) is 10.7. The summed E-state index contributed by atoms with van der Waals surface area (Å²) in [5, 5.41) is 2.87. The number of rotatable bonds is 6.